The van der Waals surface area contributed by atoms with Gasteiger partial charge in [-0.25, -0.2) is 0 Å². The van der Waals surface area contributed by atoms with Gasteiger partial charge in [0.15, 0.2) is 0 Å². The molecule has 1 aromatic carbocycles. The Balaban J connectivity index is 1.31. The lowest BCUT2D eigenvalue weighted by molar-refractivity contribution is 0.254. The van der Waals surface area contributed by atoms with Crippen molar-refractivity contribution in [2.24, 2.45) is 5.92 Å². The van der Waals surface area contributed by atoms with Gasteiger partial charge in [0.2, 0.25) is 11.8 Å². The zero-order chi connectivity index (χ0) is 17.8. The van der Waals surface area contributed by atoms with E-state index in [1.165, 1.54) is 12.1 Å². The van der Waals surface area contributed by atoms with Gasteiger partial charge in [0.1, 0.15) is 0 Å². The smallest absolute Gasteiger partial charge is 0.249 e. The molecule has 6 heteroatoms. The normalized spacial score (nSPS) is 17.2. The van der Waals surface area contributed by atoms with Gasteiger partial charge in [0.05, 0.1) is 12.1 Å². The zero-order valence-electron chi connectivity index (χ0n) is 15.0. The van der Waals surface area contributed by atoms with E-state index in [2.05, 4.69) is 62.4 Å². The Morgan fingerprint density at radius 3 is 2.85 bits per heavy atom. The highest BCUT2D eigenvalue weighted by molar-refractivity contribution is 5.50. The van der Waals surface area contributed by atoms with E-state index in [0.29, 0.717) is 24.2 Å². The maximum atomic E-state index is 5.78. The van der Waals surface area contributed by atoms with Crippen LogP contribution in [0.1, 0.15) is 12.3 Å². The number of hydrogen-bond acceptors (Lipinski definition) is 6. The van der Waals surface area contributed by atoms with Crippen LogP contribution in [0.2, 0.25) is 0 Å². The maximum absolute atomic E-state index is 5.78. The topological polar surface area (TPSA) is 58.3 Å². The first-order chi connectivity index (χ1) is 12.8. The Morgan fingerprint density at radius 2 is 2.04 bits per heavy atom. The molecule has 0 saturated carbocycles. The van der Waals surface area contributed by atoms with Gasteiger partial charge in [-0.15, -0.1) is 10.2 Å². The highest BCUT2D eigenvalue weighted by atomic mass is 16.4. The highest BCUT2D eigenvalue weighted by Gasteiger charge is 2.24. The molecule has 4 rings (SSSR count). The van der Waals surface area contributed by atoms with Crippen molar-refractivity contribution in [3.8, 4) is 11.5 Å². The molecule has 134 valence electrons. The largest absolute Gasteiger partial charge is 0.419 e. The molecule has 1 atom stereocenters. The molecule has 1 aliphatic heterocycles. The minimum Gasteiger partial charge on any atom is -0.419 e. The Labute approximate surface area is 153 Å². The van der Waals surface area contributed by atoms with E-state index in [9.17, 15) is 0 Å². The summed E-state index contributed by atoms with van der Waals surface area (Å²) in [4.78, 5) is 8.82. The number of hydrogen-bond donors (Lipinski definition) is 0. The zero-order valence-corrected chi connectivity index (χ0v) is 15.0. The SMILES string of the molecule is CN(Cc1nnc(-c2cccnc2)o1)CC1CCN(c2ccccc2)C1. The Kier molecular flexibility index (Phi) is 4.93. The van der Waals surface area contributed by atoms with E-state index in [4.69, 9.17) is 4.42 Å². The van der Waals surface area contributed by atoms with Crippen molar-refractivity contribution < 1.29 is 4.42 Å². The number of aromatic nitrogens is 3. The predicted molar refractivity (Wildman–Crippen MR) is 101 cm³/mol. The predicted octanol–water partition coefficient (Wildman–Crippen LogP) is 3.09. The van der Waals surface area contributed by atoms with E-state index in [1.54, 1.807) is 12.4 Å². The van der Waals surface area contributed by atoms with E-state index in [1.807, 2.05) is 12.1 Å². The van der Waals surface area contributed by atoms with E-state index in [0.717, 1.165) is 25.2 Å². The van der Waals surface area contributed by atoms with Crippen molar-refractivity contribution >= 4 is 5.69 Å². The Morgan fingerprint density at radius 1 is 1.15 bits per heavy atom. The molecule has 0 bridgehead atoms. The van der Waals surface area contributed by atoms with Crippen LogP contribution in [0.3, 0.4) is 0 Å². The number of para-hydroxylation sites is 1. The summed E-state index contributed by atoms with van der Waals surface area (Å²) in [6, 6.07) is 14.4. The van der Waals surface area contributed by atoms with Crippen molar-refractivity contribution in [2.75, 3.05) is 31.6 Å². The van der Waals surface area contributed by atoms with Gasteiger partial charge in [0, 0.05) is 37.7 Å². The average molecular weight is 349 g/mol. The van der Waals surface area contributed by atoms with Crippen LogP contribution >= 0.6 is 0 Å². The van der Waals surface area contributed by atoms with Crippen molar-refractivity contribution in [2.45, 2.75) is 13.0 Å². The van der Waals surface area contributed by atoms with Crippen molar-refractivity contribution in [3.05, 3.63) is 60.7 Å². The Bertz CT molecular complexity index is 820. The van der Waals surface area contributed by atoms with Crippen LogP contribution in [0.25, 0.3) is 11.5 Å². The molecule has 0 N–H and O–H groups in total. The lowest BCUT2D eigenvalue weighted by atomic mass is 10.1. The van der Waals surface area contributed by atoms with Gasteiger partial charge in [-0.1, -0.05) is 18.2 Å². The lowest BCUT2D eigenvalue weighted by Crippen LogP contribution is -2.28. The fourth-order valence-corrected chi connectivity index (χ4v) is 3.51. The second-order valence-corrected chi connectivity index (χ2v) is 6.88. The summed E-state index contributed by atoms with van der Waals surface area (Å²) >= 11 is 0. The molecule has 0 aliphatic carbocycles. The van der Waals surface area contributed by atoms with Gasteiger partial charge in [-0.3, -0.25) is 9.88 Å². The molecule has 2 aromatic heterocycles. The summed E-state index contributed by atoms with van der Waals surface area (Å²) < 4.78 is 5.78. The van der Waals surface area contributed by atoms with Crippen LogP contribution in [-0.4, -0.2) is 46.8 Å². The molecule has 1 aliphatic rings. The first-order valence-corrected chi connectivity index (χ1v) is 8.99. The number of pyridine rings is 1. The van der Waals surface area contributed by atoms with Gasteiger partial charge < -0.3 is 9.32 Å². The molecule has 6 nitrogen and oxygen atoms in total. The Hall–Kier alpha value is -2.73. The molecule has 0 amide bonds. The van der Waals surface area contributed by atoms with E-state index >= 15 is 0 Å². The van der Waals surface area contributed by atoms with Crippen LogP contribution in [0.5, 0.6) is 0 Å². The van der Waals surface area contributed by atoms with Crippen molar-refractivity contribution in [3.63, 3.8) is 0 Å². The molecule has 1 fully saturated rings. The van der Waals surface area contributed by atoms with Gasteiger partial charge in [-0.05, 0) is 43.7 Å². The maximum Gasteiger partial charge on any atom is 0.249 e. The summed E-state index contributed by atoms with van der Waals surface area (Å²) in [7, 11) is 2.11. The average Bonchev–Trinajstić information content (AvgIpc) is 3.33. The third-order valence-corrected chi connectivity index (χ3v) is 4.76. The number of benzene rings is 1. The van der Waals surface area contributed by atoms with Gasteiger partial charge in [0.25, 0.3) is 0 Å². The third kappa shape index (κ3) is 3.91. The highest BCUT2D eigenvalue weighted by Crippen LogP contribution is 2.24. The summed E-state index contributed by atoms with van der Waals surface area (Å²) in [5.41, 5.74) is 2.17. The molecular weight excluding hydrogens is 326 g/mol. The second-order valence-electron chi connectivity index (χ2n) is 6.88. The summed E-state index contributed by atoms with van der Waals surface area (Å²) in [6.45, 7) is 3.90. The van der Waals surface area contributed by atoms with Crippen LogP contribution in [-0.2, 0) is 6.54 Å². The summed E-state index contributed by atoms with van der Waals surface area (Å²) in [5.74, 6) is 1.82. The molecule has 0 radical (unpaired) electrons. The number of nitrogens with zero attached hydrogens (tertiary/aromatic N) is 5. The van der Waals surface area contributed by atoms with Gasteiger partial charge in [-0.2, -0.15) is 0 Å². The molecule has 26 heavy (non-hydrogen) atoms. The van der Waals surface area contributed by atoms with Gasteiger partial charge >= 0.3 is 0 Å². The van der Waals surface area contributed by atoms with Crippen molar-refractivity contribution in [1.29, 1.82) is 0 Å². The fourth-order valence-electron chi connectivity index (χ4n) is 3.51. The lowest BCUT2D eigenvalue weighted by Gasteiger charge is -2.21. The third-order valence-electron chi connectivity index (χ3n) is 4.76. The molecule has 1 unspecified atom stereocenters. The molecule has 3 heterocycles. The van der Waals surface area contributed by atoms with Crippen LogP contribution in [0.15, 0.2) is 59.3 Å². The second kappa shape index (κ2) is 7.66. The van der Waals surface area contributed by atoms with E-state index < -0.39 is 0 Å². The van der Waals surface area contributed by atoms with Crippen LogP contribution in [0.4, 0.5) is 5.69 Å². The molecule has 0 spiro atoms. The number of anilines is 1. The quantitative estimate of drug-likeness (QED) is 0.682. The standard InChI is InChI=1S/C20H23N5O/c1-24(13-16-9-11-25(14-16)18-7-3-2-4-8-18)15-19-22-23-20(26-19)17-6-5-10-21-12-17/h2-8,10,12,16H,9,11,13-15H2,1H3. The minimum absolute atomic E-state index is 0.526. The first-order valence-electron chi connectivity index (χ1n) is 8.99. The minimum atomic E-state index is 0.526. The number of rotatable bonds is 6. The molecule has 1 saturated heterocycles. The summed E-state index contributed by atoms with van der Waals surface area (Å²) in [5, 5.41) is 8.30. The van der Waals surface area contributed by atoms with Crippen LogP contribution < -0.4 is 4.90 Å². The monoisotopic (exact) mass is 349 g/mol. The first kappa shape index (κ1) is 16.7. The van der Waals surface area contributed by atoms with Crippen LogP contribution in [0, 0.1) is 5.92 Å². The van der Waals surface area contributed by atoms with E-state index in [-0.39, 0.29) is 0 Å². The summed E-state index contributed by atoms with van der Waals surface area (Å²) in [6.07, 6.45) is 4.68. The van der Waals surface area contributed by atoms with Crippen molar-refractivity contribution in [1.82, 2.24) is 20.1 Å². The molecular formula is C20H23N5O. The fraction of sp³-hybridized carbons (Fsp3) is 0.350. The molecule has 3 aromatic rings.